The number of aryl methyl sites for hydroxylation is 1. The second-order valence-electron chi connectivity index (χ2n) is 5.21. The van der Waals surface area contributed by atoms with E-state index >= 15 is 0 Å². The normalized spacial score (nSPS) is 19.4. The zero-order chi connectivity index (χ0) is 13.9. The summed E-state index contributed by atoms with van der Waals surface area (Å²) in [7, 11) is 0. The fraction of sp³-hybridized carbons (Fsp3) is 0.615. The number of ether oxygens (including phenoxy) is 1. The number of nitrogens with zero attached hydrogens (tertiary/aromatic N) is 3. The average molecular weight is 277 g/mol. The zero-order valence-corrected chi connectivity index (χ0v) is 11.6. The van der Waals surface area contributed by atoms with E-state index in [1.54, 1.807) is 13.0 Å². The van der Waals surface area contributed by atoms with Crippen LogP contribution in [-0.4, -0.2) is 39.3 Å². The van der Waals surface area contributed by atoms with Crippen molar-refractivity contribution in [3.05, 3.63) is 22.4 Å². The van der Waals surface area contributed by atoms with Crippen LogP contribution >= 0.6 is 0 Å². The largest absolute Gasteiger partial charge is 0.478 e. The summed E-state index contributed by atoms with van der Waals surface area (Å²) in [6.07, 6.45) is 3.52. The van der Waals surface area contributed by atoms with Crippen molar-refractivity contribution in [3.63, 3.8) is 0 Å². The van der Waals surface area contributed by atoms with Gasteiger partial charge in [-0.1, -0.05) is 0 Å². The van der Waals surface area contributed by atoms with E-state index in [1.807, 2.05) is 0 Å². The highest BCUT2D eigenvalue weighted by Crippen LogP contribution is 2.15. The standard InChI is InChI=1S/C13H19N5O2/c1-9-15-12(7-11-16-17-13(19)18(9)11)20-6-4-10-3-2-5-14-8-10/h7,10,14H,2-6,8H2,1H3,(H,17,19). The van der Waals surface area contributed by atoms with Crippen molar-refractivity contribution in [1.29, 1.82) is 0 Å². The molecule has 7 heteroatoms. The summed E-state index contributed by atoms with van der Waals surface area (Å²) >= 11 is 0. The molecule has 0 bridgehead atoms. The highest BCUT2D eigenvalue weighted by atomic mass is 16.5. The quantitative estimate of drug-likeness (QED) is 0.850. The van der Waals surface area contributed by atoms with Gasteiger partial charge in [-0.25, -0.2) is 14.3 Å². The monoisotopic (exact) mass is 277 g/mol. The molecule has 1 aliphatic heterocycles. The smallest absolute Gasteiger partial charge is 0.349 e. The summed E-state index contributed by atoms with van der Waals surface area (Å²) in [4.78, 5) is 15.8. The molecule has 1 fully saturated rings. The highest BCUT2D eigenvalue weighted by molar-refractivity contribution is 5.40. The summed E-state index contributed by atoms with van der Waals surface area (Å²) in [5.74, 6) is 1.79. The molecule has 108 valence electrons. The van der Waals surface area contributed by atoms with E-state index in [1.165, 1.54) is 17.2 Å². The lowest BCUT2D eigenvalue weighted by atomic mass is 9.97. The molecule has 0 amide bonds. The fourth-order valence-corrected chi connectivity index (χ4v) is 2.65. The Kier molecular flexibility index (Phi) is 3.68. The van der Waals surface area contributed by atoms with Crippen molar-refractivity contribution in [3.8, 4) is 5.88 Å². The molecule has 1 atom stereocenters. The van der Waals surface area contributed by atoms with Crippen molar-refractivity contribution >= 4 is 5.65 Å². The maximum Gasteiger partial charge on any atom is 0.349 e. The predicted molar refractivity (Wildman–Crippen MR) is 74.1 cm³/mol. The van der Waals surface area contributed by atoms with Crippen LogP contribution < -0.4 is 15.7 Å². The molecule has 2 aromatic rings. The lowest BCUT2D eigenvalue weighted by Gasteiger charge is -2.22. The van der Waals surface area contributed by atoms with E-state index in [0.29, 0.717) is 29.9 Å². The molecule has 2 N–H and O–H groups in total. The molecule has 0 radical (unpaired) electrons. The second-order valence-corrected chi connectivity index (χ2v) is 5.21. The summed E-state index contributed by atoms with van der Waals surface area (Å²) in [6, 6.07) is 1.68. The molecule has 3 rings (SSSR count). The number of H-pyrrole nitrogens is 1. The zero-order valence-electron chi connectivity index (χ0n) is 11.6. The number of rotatable bonds is 4. The van der Waals surface area contributed by atoms with E-state index in [-0.39, 0.29) is 5.69 Å². The van der Waals surface area contributed by atoms with Crippen LogP contribution in [0.15, 0.2) is 10.9 Å². The van der Waals surface area contributed by atoms with Gasteiger partial charge in [-0.3, -0.25) is 0 Å². The van der Waals surface area contributed by atoms with E-state index in [9.17, 15) is 4.79 Å². The molecule has 0 aromatic carbocycles. The molecule has 0 aliphatic carbocycles. The van der Waals surface area contributed by atoms with E-state index in [0.717, 1.165) is 19.5 Å². The van der Waals surface area contributed by atoms with E-state index in [4.69, 9.17) is 4.74 Å². The maximum atomic E-state index is 11.5. The Morgan fingerprint density at radius 3 is 3.25 bits per heavy atom. The third-order valence-electron chi connectivity index (χ3n) is 3.72. The van der Waals surface area contributed by atoms with Gasteiger partial charge in [0.15, 0.2) is 5.65 Å². The fourth-order valence-electron chi connectivity index (χ4n) is 2.65. The molecule has 3 heterocycles. The van der Waals surface area contributed by atoms with Crippen molar-refractivity contribution in [2.24, 2.45) is 5.92 Å². The van der Waals surface area contributed by atoms with Gasteiger partial charge in [0.1, 0.15) is 5.82 Å². The first-order valence-electron chi connectivity index (χ1n) is 7.02. The van der Waals surface area contributed by atoms with Crippen molar-refractivity contribution < 1.29 is 4.74 Å². The van der Waals surface area contributed by atoms with Gasteiger partial charge in [0.05, 0.1) is 6.61 Å². The molecule has 0 spiro atoms. The topological polar surface area (TPSA) is 84.3 Å². The molecular formula is C13H19N5O2. The minimum Gasteiger partial charge on any atom is -0.478 e. The third kappa shape index (κ3) is 2.67. The van der Waals surface area contributed by atoms with E-state index < -0.39 is 0 Å². The van der Waals surface area contributed by atoms with Crippen LogP contribution in [0.3, 0.4) is 0 Å². The first-order chi connectivity index (χ1) is 9.74. The van der Waals surface area contributed by atoms with Crippen molar-refractivity contribution in [2.45, 2.75) is 26.2 Å². The maximum absolute atomic E-state index is 11.5. The number of hydrogen-bond acceptors (Lipinski definition) is 5. The van der Waals surface area contributed by atoms with Crippen LogP contribution in [-0.2, 0) is 0 Å². The highest BCUT2D eigenvalue weighted by Gasteiger charge is 2.13. The Labute approximate surface area is 116 Å². The number of hydrogen-bond donors (Lipinski definition) is 2. The van der Waals surface area contributed by atoms with Gasteiger partial charge in [-0.15, -0.1) is 0 Å². The molecular weight excluding hydrogens is 258 g/mol. The Balaban J connectivity index is 1.64. The molecule has 0 saturated carbocycles. The molecule has 20 heavy (non-hydrogen) atoms. The average Bonchev–Trinajstić information content (AvgIpc) is 2.82. The van der Waals surface area contributed by atoms with Gasteiger partial charge in [0.2, 0.25) is 5.88 Å². The Bertz CT molecular complexity index is 642. The summed E-state index contributed by atoms with van der Waals surface area (Å²) in [5, 5.41) is 9.74. The Morgan fingerprint density at radius 1 is 1.55 bits per heavy atom. The third-order valence-corrected chi connectivity index (χ3v) is 3.72. The first-order valence-corrected chi connectivity index (χ1v) is 7.02. The predicted octanol–water partition coefficient (Wildman–Crippen LogP) is 0.495. The molecule has 1 aliphatic rings. The van der Waals surface area contributed by atoms with Crippen LogP contribution in [0, 0.1) is 12.8 Å². The minimum atomic E-state index is -0.273. The van der Waals surface area contributed by atoms with Gasteiger partial charge >= 0.3 is 5.69 Å². The van der Waals surface area contributed by atoms with Crippen molar-refractivity contribution in [1.82, 2.24) is 24.9 Å². The van der Waals surface area contributed by atoms with Crippen molar-refractivity contribution in [2.75, 3.05) is 19.7 Å². The summed E-state index contributed by atoms with van der Waals surface area (Å²) < 4.78 is 7.13. The molecule has 1 unspecified atom stereocenters. The number of fused-ring (bicyclic) bond motifs is 1. The summed E-state index contributed by atoms with van der Waals surface area (Å²) in [5.41, 5.74) is 0.265. The van der Waals surface area contributed by atoms with Crippen LogP contribution in [0.25, 0.3) is 5.65 Å². The number of aromatic amines is 1. The van der Waals surface area contributed by atoms with Gasteiger partial charge in [-0.2, -0.15) is 10.1 Å². The second kappa shape index (κ2) is 5.62. The Hall–Kier alpha value is -1.89. The van der Waals surface area contributed by atoms with Gasteiger partial charge < -0.3 is 10.1 Å². The van der Waals surface area contributed by atoms with Gasteiger partial charge in [-0.05, 0) is 45.2 Å². The first kappa shape index (κ1) is 13.1. The van der Waals surface area contributed by atoms with Crippen LogP contribution in [0.5, 0.6) is 5.88 Å². The number of piperidine rings is 1. The van der Waals surface area contributed by atoms with Crippen LogP contribution in [0.4, 0.5) is 0 Å². The lowest BCUT2D eigenvalue weighted by Crippen LogP contribution is -2.30. The van der Waals surface area contributed by atoms with E-state index in [2.05, 4.69) is 20.5 Å². The Morgan fingerprint density at radius 2 is 2.45 bits per heavy atom. The SMILES string of the molecule is Cc1nc(OCCC2CCCNC2)cc2n[nH]c(=O)n12. The molecule has 7 nitrogen and oxygen atoms in total. The van der Waals surface area contributed by atoms with Crippen LogP contribution in [0.1, 0.15) is 25.1 Å². The van der Waals surface area contributed by atoms with Gasteiger partial charge in [0.25, 0.3) is 0 Å². The molecule has 1 saturated heterocycles. The minimum absolute atomic E-state index is 0.273. The summed E-state index contributed by atoms with van der Waals surface area (Å²) in [6.45, 7) is 4.61. The number of aromatic nitrogens is 4. The van der Waals surface area contributed by atoms with Gasteiger partial charge in [0, 0.05) is 6.07 Å². The number of nitrogens with one attached hydrogen (secondary N) is 2. The van der Waals surface area contributed by atoms with Crippen LogP contribution in [0.2, 0.25) is 0 Å². The lowest BCUT2D eigenvalue weighted by molar-refractivity contribution is 0.247. The molecule has 2 aromatic heterocycles.